The van der Waals surface area contributed by atoms with Crippen molar-refractivity contribution in [3.63, 3.8) is 0 Å². The Bertz CT molecular complexity index is 767. The predicted octanol–water partition coefficient (Wildman–Crippen LogP) is 4.80. The molecule has 0 amide bonds. The van der Waals surface area contributed by atoms with E-state index in [1.54, 1.807) is 0 Å². The van der Waals surface area contributed by atoms with Gasteiger partial charge in [0.2, 0.25) is 0 Å². The summed E-state index contributed by atoms with van der Waals surface area (Å²) in [6.07, 6.45) is 4.41. The van der Waals surface area contributed by atoms with Crippen molar-refractivity contribution in [1.29, 1.82) is 0 Å². The molecule has 0 aliphatic heterocycles. The van der Waals surface area contributed by atoms with Gasteiger partial charge < -0.3 is 0 Å². The Kier molecular flexibility index (Phi) is 3.36. The molecular weight excluding hydrogens is 276 g/mol. The average Bonchev–Trinajstić information content (AvgIpc) is 3.38. The van der Waals surface area contributed by atoms with E-state index in [2.05, 4.69) is 58.7 Å². The third-order valence-electron chi connectivity index (χ3n) is 3.87. The minimum atomic E-state index is 0.643. The fraction of sp³-hybridized carbons (Fsp3) is 0.222. The summed E-state index contributed by atoms with van der Waals surface area (Å²) in [5.41, 5.74) is 2.54. The van der Waals surface area contributed by atoms with Crippen molar-refractivity contribution in [2.75, 3.05) is 0 Å². The molecule has 0 unspecified atom stereocenters. The topological polar surface area (TPSA) is 25.8 Å². The zero-order valence-electron chi connectivity index (χ0n) is 11.7. The van der Waals surface area contributed by atoms with Crippen LogP contribution in [0.1, 0.15) is 30.0 Å². The first-order valence-electron chi connectivity index (χ1n) is 7.32. The summed E-state index contributed by atoms with van der Waals surface area (Å²) in [6, 6.07) is 17.2. The summed E-state index contributed by atoms with van der Waals surface area (Å²) >= 11 is 1.87. The first-order chi connectivity index (χ1) is 10.4. The van der Waals surface area contributed by atoms with E-state index in [0.29, 0.717) is 5.92 Å². The van der Waals surface area contributed by atoms with Crippen LogP contribution in [0.4, 0.5) is 0 Å². The average molecular weight is 292 g/mol. The summed E-state index contributed by atoms with van der Waals surface area (Å²) in [6.45, 7) is 0. The van der Waals surface area contributed by atoms with Crippen molar-refractivity contribution in [2.45, 2.75) is 29.4 Å². The van der Waals surface area contributed by atoms with Crippen LogP contribution >= 0.6 is 11.8 Å². The maximum Gasteiger partial charge on any atom is 0.0740 e. The van der Waals surface area contributed by atoms with Gasteiger partial charge >= 0.3 is 0 Å². The highest BCUT2D eigenvalue weighted by Gasteiger charge is 2.27. The Morgan fingerprint density at radius 3 is 2.71 bits per heavy atom. The van der Waals surface area contributed by atoms with Gasteiger partial charge in [0, 0.05) is 27.3 Å². The lowest BCUT2D eigenvalue weighted by Crippen LogP contribution is -1.92. The molecule has 2 nitrogen and oxygen atoms in total. The largest absolute Gasteiger partial charge is 0.158 e. The number of rotatable bonds is 4. The first kappa shape index (κ1) is 12.8. The third-order valence-corrected chi connectivity index (χ3v) is 4.94. The summed E-state index contributed by atoms with van der Waals surface area (Å²) in [7, 11) is 0. The fourth-order valence-corrected chi connectivity index (χ4v) is 3.48. The number of hydrogen-bond acceptors (Lipinski definition) is 3. The van der Waals surface area contributed by atoms with E-state index in [0.717, 1.165) is 5.75 Å². The monoisotopic (exact) mass is 292 g/mol. The molecule has 1 saturated carbocycles. The second kappa shape index (κ2) is 5.49. The Morgan fingerprint density at radius 1 is 1.05 bits per heavy atom. The van der Waals surface area contributed by atoms with E-state index in [1.165, 1.54) is 39.8 Å². The van der Waals surface area contributed by atoms with Gasteiger partial charge in [-0.05, 0) is 30.5 Å². The van der Waals surface area contributed by atoms with Gasteiger partial charge in [-0.25, -0.2) is 0 Å². The van der Waals surface area contributed by atoms with Gasteiger partial charge in [0.25, 0.3) is 0 Å². The Balaban J connectivity index is 1.59. The number of benzene rings is 2. The fourth-order valence-electron chi connectivity index (χ4n) is 2.58. The molecule has 3 aromatic rings. The molecule has 104 valence electrons. The predicted molar refractivity (Wildman–Crippen MR) is 87.5 cm³/mol. The third kappa shape index (κ3) is 2.79. The lowest BCUT2D eigenvalue weighted by molar-refractivity contribution is 0.931. The molecule has 0 atom stereocenters. The van der Waals surface area contributed by atoms with Crippen LogP contribution in [0.5, 0.6) is 0 Å². The first-order valence-corrected chi connectivity index (χ1v) is 8.31. The molecule has 0 saturated heterocycles. The van der Waals surface area contributed by atoms with Gasteiger partial charge in [0.15, 0.2) is 0 Å². The quantitative estimate of drug-likeness (QED) is 0.646. The Labute approximate surface area is 128 Å². The second-order valence-electron chi connectivity index (χ2n) is 5.53. The van der Waals surface area contributed by atoms with Crippen LogP contribution in [-0.4, -0.2) is 10.2 Å². The molecular formula is C18H16N2S. The van der Waals surface area contributed by atoms with Gasteiger partial charge in [-0.2, -0.15) is 10.2 Å². The molecule has 2 aromatic carbocycles. The van der Waals surface area contributed by atoms with Crippen LogP contribution in [0.3, 0.4) is 0 Å². The van der Waals surface area contributed by atoms with Crippen molar-refractivity contribution in [2.24, 2.45) is 0 Å². The molecule has 3 heteroatoms. The highest BCUT2D eigenvalue weighted by molar-refractivity contribution is 7.98. The molecule has 1 aromatic heterocycles. The zero-order valence-corrected chi connectivity index (χ0v) is 12.5. The van der Waals surface area contributed by atoms with Gasteiger partial charge in [0.05, 0.1) is 11.9 Å². The van der Waals surface area contributed by atoms with Crippen LogP contribution in [0, 0.1) is 0 Å². The van der Waals surface area contributed by atoms with E-state index in [-0.39, 0.29) is 0 Å². The standard InChI is InChI=1S/C18H16N2S/c1-2-4-13(5-3-1)12-21-16-8-9-17-15(10-16)11-19-20-18(17)14-6-7-14/h1-5,8-11,14H,6-7,12H2. The summed E-state index contributed by atoms with van der Waals surface area (Å²) < 4.78 is 0. The van der Waals surface area contributed by atoms with Crippen molar-refractivity contribution in [3.8, 4) is 0 Å². The normalized spacial score (nSPS) is 14.5. The number of fused-ring (bicyclic) bond motifs is 1. The van der Waals surface area contributed by atoms with Crippen molar-refractivity contribution in [1.82, 2.24) is 10.2 Å². The molecule has 0 N–H and O–H groups in total. The smallest absolute Gasteiger partial charge is 0.0740 e. The number of aromatic nitrogens is 2. The maximum absolute atomic E-state index is 4.34. The number of nitrogens with zero attached hydrogens (tertiary/aromatic N) is 2. The van der Waals surface area contributed by atoms with Crippen molar-refractivity contribution in [3.05, 3.63) is 66.0 Å². The molecule has 1 aliphatic carbocycles. The molecule has 0 radical (unpaired) electrons. The molecule has 21 heavy (non-hydrogen) atoms. The second-order valence-corrected chi connectivity index (χ2v) is 6.58. The number of hydrogen-bond donors (Lipinski definition) is 0. The lowest BCUT2D eigenvalue weighted by atomic mass is 10.1. The zero-order chi connectivity index (χ0) is 14.1. The number of thioether (sulfide) groups is 1. The Hall–Kier alpha value is -1.87. The van der Waals surface area contributed by atoms with Crippen molar-refractivity contribution >= 4 is 22.5 Å². The lowest BCUT2D eigenvalue weighted by Gasteiger charge is -2.06. The van der Waals surface area contributed by atoms with E-state index >= 15 is 0 Å². The van der Waals surface area contributed by atoms with E-state index in [1.807, 2.05) is 18.0 Å². The van der Waals surface area contributed by atoms with Crippen LogP contribution in [0.2, 0.25) is 0 Å². The van der Waals surface area contributed by atoms with E-state index in [4.69, 9.17) is 0 Å². The Morgan fingerprint density at radius 2 is 1.90 bits per heavy atom. The minimum Gasteiger partial charge on any atom is -0.158 e. The van der Waals surface area contributed by atoms with Crippen LogP contribution in [0.15, 0.2) is 59.6 Å². The molecule has 0 bridgehead atoms. The highest BCUT2D eigenvalue weighted by Crippen LogP contribution is 2.42. The van der Waals surface area contributed by atoms with Crippen LogP contribution < -0.4 is 0 Å². The van der Waals surface area contributed by atoms with Crippen molar-refractivity contribution < 1.29 is 0 Å². The van der Waals surface area contributed by atoms with Crippen LogP contribution in [-0.2, 0) is 5.75 Å². The molecule has 0 spiro atoms. The molecule has 4 rings (SSSR count). The van der Waals surface area contributed by atoms with E-state index < -0.39 is 0 Å². The minimum absolute atomic E-state index is 0.643. The van der Waals surface area contributed by atoms with Gasteiger partial charge in [0.1, 0.15) is 0 Å². The summed E-state index contributed by atoms with van der Waals surface area (Å²) in [5.74, 6) is 1.64. The van der Waals surface area contributed by atoms with Crippen LogP contribution in [0.25, 0.3) is 10.8 Å². The SMILES string of the molecule is c1ccc(CSc2ccc3c(C4CC4)nncc3c2)cc1. The molecule has 1 aliphatic rings. The van der Waals surface area contributed by atoms with Gasteiger partial charge in [-0.3, -0.25) is 0 Å². The summed E-state index contributed by atoms with van der Waals surface area (Å²) in [4.78, 5) is 1.29. The molecule has 1 heterocycles. The summed E-state index contributed by atoms with van der Waals surface area (Å²) in [5, 5.41) is 11.0. The van der Waals surface area contributed by atoms with E-state index in [9.17, 15) is 0 Å². The highest BCUT2D eigenvalue weighted by atomic mass is 32.2. The maximum atomic E-state index is 4.34. The van der Waals surface area contributed by atoms with Gasteiger partial charge in [-0.1, -0.05) is 36.4 Å². The molecule has 1 fully saturated rings. The van der Waals surface area contributed by atoms with Gasteiger partial charge in [-0.15, -0.1) is 11.8 Å².